The van der Waals surface area contributed by atoms with Gasteiger partial charge in [-0.15, -0.1) is 0 Å². The lowest BCUT2D eigenvalue weighted by Gasteiger charge is -2.48. The van der Waals surface area contributed by atoms with Gasteiger partial charge in [-0.1, -0.05) is 37.3 Å². The van der Waals surface area contributed by atoms with Crippen molar-refractivity contribution in [1.29, 1.82) is 0 Å². The van der Waals surface area contributed by atoms with Crippen molar-refractivity contribution in [3.05, 3.63) is 35.9 Å². The fourth-order valence-corrected chi connectivity index (χ4v) is 2.41. The summed E-state index contributed by atoms with van der Waals surface area (Å²) in [5.41, 5.74) is -0.606. The lowest BCUT2D eigenvalue weighted by atomic mass is 9.86. The first kappa shape index (κ1) is 14.6. The Hall–Kier alpha value is -1.84. The second-order valence-corrected chi connectivity index (χ2v) is 6.08. The van der Waals surface area contributed by atoms with Crippen molar-refractivity contribution < 1.29 is 9.59 Å². The van der Waals surface area contributed by atoms with Crippen LogP contribution in [0.5, 0.6) is 0 Å². The third kappa shape index (κ3) is 2.30. The minimum absolute atomic E-state index is 0.0200. The van der Waals surface area contributed by atoms with Crippen molar-refractivity contribution in [3.63, 3.8) is 0 Å². The van der Waals surface area contributed by atoms with Crippen LogP contribution in [0.15, 0.2) is 30.3 Å². The van der Waals surface area contributed by atoms with E-state index in [4.69, 9.17) is 0 Å². The highest BCUT2D eigenvalue weighted by atomic mass is 16.2. The molecule has 0 radical (unpaired) electrons. The SMILES string of the molecule is CCC1(C)NC(=O)C(C)(C)N(Cc2ccccc2)C1=O. The maximum atomic E-state index is 12.8. The fourth-order valence-electron chi connectivity index (χ4n) is 2.41. The van der Waals surface area contributed by atoms with Gasteiger partial charge in [0, 0.05) is 6.54 Å². The molecule has 1 unspecified atom stereocenters. The molecule has 1 heterocycles. The van der Waals surface area contributed by atoms with E-state index in [2.05, 4.69) is 5.32 Å². The Kier molecular flexibility index (Phi) is 3.59. The van der Waals surface area contributed by atoms with Gasteiger partial charge in [-0.05, 0) is 32.8 Å². The van der Waals surface area contributed by atoms with Gasteiger partial charge in [-0.25, -0.2) is 0 Å². The monoisotopic (exact) mass is 274 g/mol. The molecule has 1 N–H and O–H groups in total. The molecule has 1 aliphatic heterocycles. The predicted molar refractivity (Wildman–Crippen MR) is 77.9 cm³/mol. The zero-order valence-electron chi connectivity index (χ0n) is 12.6. The quantitative estimate of drug-likeness (QED) is 0.917. The van der Waals surface area contributed by atoms with Gasteiger partial charge >= 0.3 is 0 Å². The summed E-state index contributed by atoms with van der Waals surface area (Å²) in [7, 11) is 0. The first-order chi connectivity index (χ1) is 9.31. The van der Waals surface area contributed by atoms with E-state index < -0.39 is 11.1 Å². The predicted octanol–water partition coefficient (Wildman–Crippen LogP) is 2.09. The molecule has 108 valence electrons. The number of hydrogen-bond acceptors (Lipinski definition) is 2. The first-order valence-electron chi connectivity index (χ1n) is 7.00. The lowest BCUT2D eigenvalue weighted by Crippen LogP contribution is -2.72. The number of amides is 2. The Morgan fingerprint density at radius 3 is 2.25 bits per heavy atom. The topological polar surface area (TPSA) is 49.4 Å². The molecule has 1 aromatic rings. The van der Waals surface area contributed by atoms with Crippen LogP contribution in [0.25, 0.3) is 0 Å². The van der Waals surface area contributed by atoms with E-state index in [9.17, 15) is 9.59 Å². The van der Waals surface area contributed by atoms with E-state index >= 15 is 0 Å². The van der Waals surface area contributed by atoms with Crippen LogP contribution in [0.3, 0.4) is 0 Å². The molecule has 1 fully saturated rings. The molecular weight excluding hydrogens is 252 g/mol. The molecule has 20 heavy (non-hydrogen) atoms. The van der Waals surface area contributed by atoms with Crippen LogP contribution in [0.2, 0.25) is 0 Å². The highest BCUT2D eigenvalue weighted by molar-refractivity contribution is 6.01. The molecule has 0 spiro atoms. The molecule has 4 nitrogen and oxygen atoms in total. The maximum Gasteiger partial charge on any atom is 0.249 e. The maximum absolute atomic E-state index is 12.8. The minimum atomic E-state index is -0.832. The van der Waals surface area contributed by atoms with Crippen LogP contribution >= 0.6 is 0 Å². The van der Waals surface area contributed by atoms with Gasteiger partial charge in [0.05, 0.1) is 0 Å². The number of nitrogens with one attached hydrogen (secondary N) is 1. The second kappa shape index (κ2) is 4.93. The van der Waals surface area contributed by atoms with Crippen LogP contribution in [0, 0.1) is 0 Å². The number of carbonyl (C=O) groups is 2. The Balaban J connectivity index is 2.36. The van der Waals surface area contributed by atoms with Crippen LogP contribution in [-0.2, 0) is 16.1 Å². The van der Waals surface area contributed by atoms with Gasteiger partial charge in [0.2, 0.25) is 11.8 Å². The van der Waals surface area contributed by atoms with Gasteiger partial charge in [0.1, 0.15) is 11.1 Å². The third-order valence-electron chi connectivity index (χ3n) is 4.23. The van der Waals surface area contributed by atoms with Crippen molar-refractivity contribution in [2.75, 3.05) is 0 Å². The van der Waals surface area contributed by atoms with Gasteiger partial charge in [0.25, 0.3) is 0 Å². The zero-order valence-corrected chi connectivity index (χ0v) is 12.6. The minimum Gasteiger partial charge on any atom is -0.340 e. The van der Waals surface area contributed by atoms with Crippen LogP contribution in [0.1, 0.15) is 39.7 Å². The molecule has 1 aromatic carbocycles. The number of benzene rings is 1. The average molecular weight is 274 g/mol. The number of hydrogen-bond donors (Lipinski definition) is 1. The first-order valence-corrected chi connectivity index (χ1v) is 7.00. The smallest absolute Gasteiger partial charge is 0.249 e. The number of carbonyl (C=O) groups excluding carboxylic acids is 2. The number of nitrogens with zero attached hydrogens (tertiary/aromatic N) is 1. The Bertz CT molecular complexity index is 525. The molecule has 0 aromatic heterocycles. The molecule has 0 saturated carbocycles. The Labute approximate surface area is 120 Å². The lowest BCUT2D eigenvalue weighted by molar-refractivity contribution is -0.161. The summed E-state index contributed by atoms with van der Waals surface area (Å²) < 4.78 is 0. The molecule has 2 amide bonds. The summed E-state index contributed by atoms with van der Waals surface area (Å²) in [5.74, 6) is -0.120. The molecule has 1 saturated heterocycles. The summed E-state index contributed by atoms with van der Waals surface area (Å²) in [6.07, 6.45) is 0.582. The highest BCUT2D eigenvalue weighted by Crippen LogP contribution is 2.29. The largest absolute Gasteiger partial charge is 0.340 e. The highest BCUT2D eigenvalue weighted by Gasteiger charge is 2.51. The van der Waals surface area contributed by atoms with E-state index in [-0.39, 0.29) is 11.8 Å². The summed E-state index contributed by atoms with van der Waals surface area (Å²) >= 11 is 0. The Morgan fingerprint density at radius 1 is 1.10 bits per heavy atom. The van der Waals surface area contributed by atoms with Crippen LogP contribution in [0.4, 0.5) is 0 Å². The fraction of sp³-hybridized carbons (Fsp3) is 0.500. The van der Waals surface area contributed by atoms with Crippen LogP contribution < -0.4 is 5.32 Å². The third-order valence-corrected chi connectivity index (χ3v) is 4.23. The second-order valence-electron chi connectivity index (χ2n) is 6.08. The standard InChI is InChI=1S/C16H22N2O2/c1-5-16(4)14(20)18(15(2,3)13(19)17-16)11-12-9-7-6-8-10-12/h6-10H,5,11H2,1-4H3,(H,17,19). The van der Waals surface area contributed by atoms with E-state index in [1.165, 1.54) is 0 Å². The van der Waals surface area contributed by atoms with E-state index in [1.54, 1.807) is 25.7 Å². The van der Waals surface area contributed by atoms with Crippen molar-refractivity contribution in [3.8, 4) is 0 Å². The van der Waals surface area contributed by atoms with Crippen molar-refractivity contribution in [2.24, 2.45) is 0 Å². The summed E-state index contributed by atoms with van der Waals surface area (Å²) in [6.45, 7) is 7.74. The van der Waals surface area contributed by atoms with Gasteiger partial charge < -0.3 is 10.2 Å². The van der Waals surface area contributed by atoms with Gasteiger partial charge in [-0.2, -0.15) is 0 Å². The van der Waals surface area contributed by atoms with Crippen molar-refractivity contribution in [1.82, 2.24) is 10.2 Å². The molecular formula is C16H22N2O2. The molecule has 1 atom stereocenters. The number of piperazine rings is 1. The van der Waals surface area contributed by atoms with Crippen molar-refractivity contribution in [2.45, 2.75) is 51.7 Å². The zero-order chi connectivity index (χ0) is 15.0. The van der Waals surface area contributed by atoms with Gasteiger partial charge in [0.15, 0.2) is 0 Å². The van der Waals surface area contributed by atoms with Crippen LogP contribution in [-0.4, -0.2) is 27.8 Å². The molecule has 4 heteroatoms. The van der Waals surface area contributed by atoms with E-state index in [1.807, 2.05) is 37.3 Å². The summed E-state index contributed by atoms with van der Waals surface area (Å²) in [5, 5.41) is 2.87. The average Bonchev–Trinajstić information content (AvgIpc) is 2.43. The normalized spacial score (nSPS) is 25.5. The number of rotatable bonds is 3. The van der Waals surface area contributed by atoms with E-state index in [0.717, 1.165) is 5.56 Å². The van der Waals surface area contributed by atoms with Gasteiger partial charge in [-0.3, -0.25) is 9.59 Å². The summed E-state index contributed by atoms with van der Waals surface area (Å²) in [4.78, 5) is 26.8. The van der Waals surface area contributed by atoms with E-state index in [0.29, 0.717) is 13.0 Å². The molecule has 2 rings (SSSR count). The van der Waals surface area contributed by atoms with Crippen molar-refractivity contribution >= 4 is 11.8 Å². The molecule has 0 bridgehead atoms. The molecule has 0 aliphatic carbocycles. The Morgan fingerprint density at radius 2 is 1.70 bits per heavy atom. The molecule has 1 aliphatic rings. The summed E-state index contributed by atoms with van der Waals surface area (Å²) in [6, 6.07) is 9.76.